The fourth-order valence-corrected chi connectivity index (χ4v) is 3.73. The van der Waals surface area contributed by atoms with Crippen LogP contribution in [0.25, 0.3) is 10.8 Å². The lowest BCUT2D eigenvalue weighted by molar-refractivity contribution is 0.0922. The van der Waals surface area contributed by atoms with Crippen molar-refractivity contribution in [2.75, 3.05) is 0 Å². The Bertz CT molecular complexity index is 834. The number of rotatable bonds is 3. The van der Waals surface area contributed by atoms with Gasteiger partial charge < -0.3 is 14.3 Å². The molecule has 0 saturated heterocycles. The number of nitrogens with one attached hydrogen (secondary N) is 1. The van der Waals surface area contributed by atoms with Gasteiger partial charge in [0.15, 0.2) is 10.8 Å². The Morgan fingerprint density at radius 3 is 3.26 bits per heavy atom. The molecule has 4 rings (SSSR count). The Morgan fingerprint density at radius 1 is 1.52 bits per heavy atom. The average Bonchev–Trinajstić information content (AvgIpc) is 3.26. The number of carbonyl (C=O) groups is 1. The van der Waals surface area contributed by atoms with Gasteiger partial charge in [0.1, 0.15) is 11.5 Å². The minimum Gasteiger partial charge on any atom is -0.462 e. The highest BCUT2D eigenvalue weighted by Gasteiger charge is 2.23. The zero-order chi connectivity index (χ0) is 15.8. The Morgan fingerprint density at radius 2 is 2.43 bits per heavy atom. The summed E-state index contributed by atoms with van der Waals surface area (Å²) in [4.78, 5) is 22.2. The number of hydrogen-bond acceptors (Lipinski definition) is 5. The van der Waals surface area contributed by atoms with Gasteiger partial charge in [-0.1, -0.05) is 0 Å². The SMILES string of the molecule is Cc1sc(-c2ccco2)nc1C(=O)NC1CCc2nccn2C1. The highest BCUT2D eigenvalue weighted by atomic mass is 32.1. The summed E-state index contributed by atoms with van der Waals surface area (Å²) in [6.07, 6.45) is 7.15. The second-order valence-corrected chi connectivity index (χ2v) is 6.81. The van der Waals surface area contributed by atoms with Crippen molar-refractivity contribution < 1.29 is 9.21 Å². The van der Waals surface area contributed by atoms with Crippen molar-refractivity contribution >= 4 is 17.2 Å². The molecule has 0 aliphatic carbocycles. The summed E-state index contributed by atoms with van der Waals surface area (Å²) in [6.45, 7) is 2.67. The van der Waals surface area contributed by atoms with Crippen LogP contribution >= 0.6 is 11.3 Å². The van der Waals surface area contributed by atoms with Crippen LogP contribution in [0.2, 0.25) is 0 Å². The largest absolute Gasteiger partial charge is 0.462 e. The lowest BCUT2D eigenvalue weighted by atomic mass is 10.1. The molecule has 1 aliphatic heterocycles. The van der Waals surface area contributed by atoms with Crippen molar-refractivity contribution in [1.29, 1.82) is 0 Å². The molecule has 0 fully saturated rings. The minimum atomic E-state index is -0.120. The zero-order valence-corrected chi connectivity index (χ0v) is 13.5. The predicted octanol–water partition coefficient (Wildman–Crippen LogP) is 2.65. The minimum absolute atomic E-state index is 0.109. The van der Waals surface area contributed by atoms with E-state index in [1.54, 1.807) is 12.5 Å². The smallest absolute Gasteiger partial charge is 0.271 e. The van der Waals surface area contributed by atoms with E-state index in [1.807, 2.05) is 25.3 Å². The number of furan rings is 1. The van der Waals surface area contributed by atoms with Gasteiger partial charge in [-0.15, -0.1) is 11.3 Å². The summed E-state index contributed by atoms with van der Waals surface area (Å²) >= 11 is 1.47. The number of imidazole rings is 1. The van der Waals surface area contributed by atoms with E-state index in [1.165, 1.54) is 11.3 Å². The zero-order valence-electron chi connectivity index (χ0n) is 12.7. The van der Waals surface area contributed by atoms with Gasteiger partial charge in [0.25, 0.3) is 5.91 Å². The molecule has 118 valence electrons. The lowest BCUT2D eigenvalue weighted by Gasteiger charge is -2.24. The second kappa shape index (κ2) is 5.66. The molecule has 0 radical (unpaired) electrons. The molecule has 4 heterocycles. The van der Waals surface area contributed by atoms with Gasteiger partial charge >= 0.3 is 0 Å². The van der Waals surface area contributed by atoms with E-state index in [9.17, 15) is 4.79 Å². The van der Waals surface area contributed by atoms with Crippen LogP contribution in [0, 0.1) is 6.92 Å². The summed E-state index contributed by atoms with van der Waals surface area (Å²) < 4.78 is 7.45. The monoisotopic (exact) mass is 328 g/mol. The normalized spacial score (nSPS) is 17.0. The first-order valence-electron chi connectivity index (χ1n) is 7.53. The van der Waals surface area contributed by atoms with Crippen LogP contribution in [0.1, 0.15) is 27.6 Å². The maximum absolute atomic E-state index is 12.5. The third kappa shape index (κ3) is 2.68. The Labute approximate surface area is 137 Å². The van der Waals surface area contributed by atoms with E-state index >= 15 is 0 Å². The lowest BCUT2D eigenvalue weighted by Crippen LogP contribution is -2.41. The van der Waals surface area contributed by atoms with Crippen LogP contribution in [0.5, 0.6) is 0 Å². The summed E-state index contributed by atoms with van der Waals surface area (Å²) in [5, 5.41) is 3.83. The van der Waals surface area contributed by atoms with E-state index in [0.717, 1.165) is 35.1 Å². The maximum Gasteiger partial charge on any atom is 0.271 e. The van der Waals surface area contributed by atoms with Crippen LogP contribution in [-0.4, -0.2) is 26.5 Å². The number of amides is 1. The first-order chi connectivity index (χ1) is 11.2. The van der Waals surface area contributed by atoms with Crippen LogP contribution < -0.4 is 5.32 Å². The second-order valence-electron chi connectivity index (χ2n) is 5.61. The van der Waals surface area contributed by atoms with Gasteiger partial charge in [0.05, 0.1) is 6.26 Å². The van der Waals surface area contributed by atoms with E-state index < -0.39 is 0 Å². The number of thiazole rings is 1. The Balaban J connectivity index is 1.50. The molecule has 23 heavy (non-hydrogen) atoms. The van der Waals surface area contributed by atoms with Gasteiger partial charge in [-0.3, -0.25) is 4.79 Å². The van der Waals surface area contributed by atoms with Crippen molar-refractivity contribution in [2.24, 2.45) is 0 Å². The number of hydrogen-bond donors (Lipinski definition) is 1. The van der Waals surface area contributed by atoms with Crippen molar-refractivity contribution in [3.8, 4) is 10.8 Å². The van der Waals surface area contributed by atoms with Crippen molar-refractivity contribution in [1.82, 2.24) is 19.9 Å². The molecule has 7 heteroatoms. The van der Waals surface area contributed by atoms with Crippen LogP contribution in [0.4, 0.5) is 0 Å². The molecular formula is C16H16N4O2S. The van der Waals surface area contributed by atoms with Crippen molar-refractivity contribution in [3.63, 3.8) is 0 Å². The topological polar surface area (TPSA) is 73.0 Å². The molecule has 1 amide bonds. The fraction of sp³-hybridized carbons (Fsp3) is 0.312. The third-order valence-corrected chi connectivity index (χ3v) is 5.00. The highest BCUT2D eigenvalue weighted by molar-refractivity contribution is 7.15. The Kier molecular flexibility index (Phi) is 3.49. The quantitative estimate of drug-likeness (QED) is 0.802. The molecule has 1 N–H and O–H groups in total. The molecule has 0 aromatic carbocycles. The van der Waals surface area contributed by atoms with Gasteiger partial charge in [-0.2, -0.15) is 0 Å². The summed E-state index contributed by atoms with van der Waals surface area (Å²) in [6, 6.07) is 3.77. The summed E-state index contributed by atoms with van der Waals surface area (Å²) in [5.74, 6) is 1.66. The van der Waals surface area contributed by atoms with Gasteiger partial charge in [0.2, 0.25) is 0 Å². The average molecular weight is 328 g/mol. The van der Waals surface area contributed by atoms with Crippen molar-refractivity contribution in [3.05, 3.63) is 47.2 Å². The van der Waals surface area contributed by atoms with Gasteiger partial charge in [0, 0.05) is 36.3 Å². The molecule has 3 aromatic heterocycles. The fourth-order valence-electron chi connectivity index (χ4n) is 2.85. The standard InChI is InChI=1S/C16H16N4O2S/c1-10-14(19-16(23-10)12-3-2-8-22-12)15(21)18-11-4-5-13-17-6-7-20(13)9-11/h2-3,6-8,11H,4-5,9H2,1H3,(H,18,21). The molecule has 1 aliphatic rings. The van der Waals surface area contributed by atoms with Gasteiger partial charge in [-0.05, 0) is 25.5 Å². The maximum atomic E-state index is 12.5. The number of carbonyl (C=O) groups excluding carboxylic acids is 1. The number of nitrogens with zero attached hydrogens (tertiary/aromatic N) is 3. The van der Waals surface area contributed by atoms with E-state index in [2.05, 4.69) is 19.9 Å². The summed E-state index contributed by atoms with van der Waals surface area (Å²) in [5.41, 5.74) is 0.484. The van der Waals surface area contributed by atoms with Crippen LogP contribution in [-0.2, 0) is 13.0 Å². The molecule has 3 aromatic rings. The Hall–Kier alpha value is -2.41. The number of aryl methyl sites for hydroxylation is 2. The molecule has 0 bridgehead atoms. The molecule has 0 spiro atoms. The van der Waals surface area contributed by atoms with E-state index in [-0.39, 0.29) is 11.9 Å². The predicted molar refractivity (Wildman–Crippen MR) is 86.4 cm³/mol. The number of fused-ring (bicyclic) bond motifs is 1. The number of aromatic nitrogens is 3. The third-order valence-electron chi connectivity index (χ3n) is 4.01. The first-order valence-corrected chi connectivity index (χ1v) is 8.34. The molecule has 1 unspecified atom stereocenters. The van der Waals surface area contributed by atoms with Crippen LogP contribution in [0.15, 0.2) is 35.2 Å². The molecular weight excluding hydrogens is 312 g/mol. The molecule has 1 atom stereocenters. The van der Waals surface area contributed by atoms with E-state index in [4.69, 9.17) is 4.42 Å². The van der Waals surface area contributed by atoms with Crippen molar-refractivity contribution in [2.45, 2.75) is 32.4 Å². The summed E-state index contributed by atoms with van der Waals surface area (Å²) in [7, 11) is 0. The van der Waals surface area contributed by atoms with E-state index in [0.29, 0.717) is 11.5 Å². The first kappa shape index (κ1) is 14.2. The highest BCUT2D eigenvalue weighted by Crippen LogP contribution is 2.28. The molecule has 0 saturated carbocycles. The van der Waals surface area contributed by atoms with Gasteiger partial charge in [-0.25, -0.2) is 9.97 Å². The van der Waals surface area contributed by atoms with Crippen LogP contribution in [0.3, 0.4) is 0 Å². The molecule has 6 nitrogen and oxygen atoms in total.